The summed E-state index contributed by atoms with van der Waals surface area (Å²) in [6.45, 7) is 0. The van der Waals surface area contributed by atoms with Crippen molar-refractivity contribution in [1.29, 1.82) is 0 Å². The highest BCUT2D eigenvalue weighted by Crippen LogP contribution is 2.25. The third-order valence-electron chi connectivity index (χ3n) is 2.79. The zero-order valence-electron chi connectivity index (χ0n) is 11.0. The predicted molar refractivity (Wildman–Crippen MR) is 86.4 cm³/mol. The molecule has 2 rings (SSSR count). The zero-order valence-corrected chi connectivity index (χ0v) is 11.8. The molecule has 2 aromatic rings. The lowest BCUT2D eigenvalue weighted by Crippen LogP contribution is -2.23. The highest BCUT2D eigenvalue weighted by molar-refractivity contribution is 7.80. The first-order valence-electron chi connectivity index (χ1n) is 6.07. The van der Waals surface area contributed by atoms with Gasteiger partial charge in [-0.25, -0.2) is 0 Å². The number of aromatic hydroxyl groups is 1. The van der Waals surface area contributed by atoms with Crippen LogP contribution in [0.15, 0.2) is 47.6 Å². The summed E-state index contributed by atoms with van der Waals surface area (Å²) >= 11 is 4.63. The molecule has 0 aliphatic heterocycles. The number of benzene rings is 2. The van der Waals surface area contributed by atoms with Gasteiger partial charge in [-0.15, -0.1) is 0 Å². The molecule has 0 unspecified atom stereocenters. The summed E-state index contributed by atoms with van der Waals surface area (Å²) < 4.78 is 0. The lowest BCUT2D eigenvalue weighted by molar-refractivity contribution is 0.112. The first kappa shape index (κ1) is 14.7. The van der Waals surface area contributed by atoms with Crippen LogP contribution in [0.3, 0.4) is 0 Å². The first-order chi connectivity index (χ1) is 10.1. The number of aldehydes is 1. The molecular formula is C15H13N3O2S. The molecule has 0 aromatic heterocycles. The lowest BCUT2D eigenvalue weighted by atomic mass is 10.0. The van der Waals surface area contributed by atoms with Gasteiger partial charge in [-0.1, -0.05) is 30.3 Å². The number of nitrogens with one attached hydrogen (secondary N) is 1. The summed E-state index contributed by atoms with van der Waals surface area (Å²) in [5.74, 6) is -0.0335. The Bertz CT molecular complexity index is 697. The average molecular weight is 299 g/mol. The van der Waals surface area contributed by atoms with Gasteiger partial charge in [0.05, 0.1) is 11.8 Å². The molecule has 0 aliphatic carbocycles. The molecule has 2 aromatic carbocycles. The molecule has 6 heteroatoms. The molecule has 0 bridgehead atoms. The molecule has 0 heterocycles. The minimum atomic E-state index is -0.0335. The Morgan fingerprint density at radius 2 is 1.86 bits per heavy atom. The molecule has 0 spiro atoms. The Labute approximate surface area is 127 Å². The van der Waals surface area contributed by atoms with Crippen LogP contribution >= 0.6 is 12.2 Å². The van der Waals surface area contributed by atoms with Crippen LogP contribution in [-0.4, -0.2) is 22.7 Å². The fourth-order valence-corrected chi connectivity index (χ4v) is 1.81. The Kier molecular flexibility index (Phi) is 4.63. The van der Waals surface area contributed by atoms with E-state index in [9.17, 15) is 9.90 Å². The minimum absolute atomic E-state index is 0.0335. The summed E-state index contributed by atoms with van der Waals surface area (Å²) in [5.41, 5.74) is 10.6. The summed E-state index contributed by atoms with van der Waals surface area (Å²) in [4.78, 5) is 10.7. The number of carbonyl (C=O) groups is 1. The fourth-order valence-electron chi connectivity index (χ4n) is 1.75. The minimum Gasteiger partial charge on any atom is -0.507 e. The van der Waals surface area contributed by atoms with Crippen LogP contribution in [0, 0.1) is 0 Å². The van der Waals surface area contributed by atoms with Gasteiger partial charge in [0.25, 0.3) is 0 Å². The number of carbonyl (C=O) groups excluding carboxylic acids is 1. The van der Waals surface area contributed by atoms with Gasteiger partial charge in [0, 0.05) is 0 Å². The van der Waals surface area contributed by atoms with Crippen molar-refractivity contribution in [3.05, 3.63) is 53.6 Å². The van der Waals surface area contributed by atoms with Gasteiger partial charge in [-0.3, -0.25) is 10.2 Å². The average Bonchev–Trinajstić information content (AvgIpc) is 2.47. The Balaban J connectivity index is 2.18. The van der Waals surface area contributed by atoms with Crippen LogP contribution in [-0.2, 0) is 0 Å². The van der Waals surface area contributed by atoms with E-state index in [2.05, 4.69) is 22.7 Å². The second-order valence-corrected chi connectivity index (χ2v) is 4.69. The number of nitrogens with two attached hydrogens (primary N) is 1. The Hall–Kier alpha value is -2.73. The van der Waals surface area contributed by atoms with Crippen molar-refractivity contribution < 1.29 is 9.90 Å². The van der Waals surface area contributed by atoms with E-state index in [0.29, 0.717) is 6.29 Å². The van der Waals surface area contributed by atoms with Crippen molar-refractivity contribution in [1.82, 2.24) is 5.43 Å². The largest absolute Gasteiger partial charge is 0.507 e. The fraction of sp³-hybridized carbons (Fsp3) is 0. The zero-order chi connectivity index (χ0) is 15.2. The molecule has 5 nitrogen and oxygen atoms in total. The SMILES string of the molecule is NC(=S)NN=Cc1ccc(-c2ccc(C=O)c(O)c2)cc1. The van der Waals surface area contributed by atoms with Crippen molar-refractivity contribution in [2.75, 3.05) is 0 Å². The van der Waals surface area contributed by atoms with Crippen molar-refractivity contribution in [3.8, 4) is 16.9 Å². The van der Waals surface area contributed by atoms with E-state index in [-0.39, 0.29) is 16.4 Å². The van der Waals surface area contributed by atoms with Gasteiger partial charge in [0.1, 0.15) is 5.75 Å². The van der Waals surface area contributed by atoms with Gasteiger partial charge < -0.3 is 10.8 Å². The van der Waals surface area contributed by atoms with Gasteiger partial charge in [0.2, 0.25) is 0 Å². The smallest absolute Gasteiger partial charge is 0.184 e. The van der Waals surface area contributed by atoms with Gasteiger partial charge >= 0.3 is 0 Å². The molecule has 4 N–H and O–H groups in total. The molecule has 21 heavy (non-hydrogen) atoms. The quantitative estimate of drug-likeness (QED) is 0.348. The highest BCUT2D eigenvalue weighted by atomic mass is 32.1. The maximum absolute atomic E-state index is 10.7. The van der Waals surface area contributed by atoms with Crippen molar-refractivity contribution >= 4 is 29.8 Å². The summed E-state index contributed by atoms with van der Waals surface area (Å²) in [5, 5.41) is 13.7. The van der Waals surface area contributed by atoms with Gasteiger partial charge in [-0.2, -0.15) is 5.10 Å². The lowest BCUT2D eigenvalue weighted by Gasteiger charge is -2.04. The topological polar surface area (TPSA) is 87.7 Å². The van der Waals surface area contributed by atoms with E-state index < -0.39 is 0 Å². The molecule has 0 saturated carbocycles. The number of phenolic OH excluding ortho intramolecular Hbond substituents is 1. The Morgan fingerprint density at radius 3 is 2.43 bits per heavy atom. The highest BCUT2D eigenvalue weighted by Gasteiger charge is 2.03. The van der Waals surface area contributed by atoms with Crippen molar-refractivity contribution in [3.63, 3.8) is 0 Å². The number of rotatable bonds is 4. The van der Waals surface area contributed by atoms with Crippen LogP contribution in [0.25, 0.3) is 11.1 Å². The number of nitrogens with zero attached hydrogens (tertiary/aromatic N) is 1. The standard InChI is InChI=1S/C15H13N3O2S/c16-15(21)18-17-8-10-1-3-11(4-2-10)12-5-6-13(9-19)14(20)7-12/h1-9,20H,(H3,16,18,21). The van der Waals surface area contributed by atoms with Crippen LogP contribution in [0.4, 0.5) is 0 Å². The summed E-state index contributed by atoms with van der Waals surface area (Å²) in [6.07, 6.45) is 2.21. The third-order valence-corrected chi connectivity index (χ3v) is 2.88. The number of hydrogen-bond donors (Lipinski definition) is 3. The molecule has 0 atom stereocenters. The number of phenols is 1. The summed E-state index contributed by atoms with van der Waals surface area (Å²) in [7, 11) is 0. The second-order valence-electron chi connectivity index (χ2n) is 4.25. The van der Waals surface area contributed by atoms with Crippen molar-refractivity contribution in [2.24, 2.45) is 10.8 Å². The molecule has 106 valence electrons. The van der Waals surface area contributed by atoms with E-state index in [1.807, 2.05) is 24.3 Å². The number of hydrazone groups is 1. The number of thiocarbonyl (C=S) groups is 1. The van der Waals surface area contributed by atoms with E-state index in [1.165, 1.54) is 0 Å². The van der Waals surface area contributed by atoms with Crippen LogP contribution in [0.1, 0.15) is 15.9 Å². The maximum atomic E-state index is 10.7. The monoisotopic (exact) mass is 299 g/mol. The predicted octanol–water partition coefficient (Wildman–Crippen LogP) is 2.04. The molecule has 0 amide bonds. The van der Waals surface area contributed by atoms with E-state index in [4.69, 9.17) is 5.73 Å². The van der Waals surface area contributed by atoms with E-state index >= 15 is 0 Å². The van der Waals surface area contributed by atoms with Crippen LogP contribution < -0.4 is 11.2 Å². The molecule has 0 aliphatic rings. The second kappa shape index (κ2) is 6.62. The van der Waals surface area contributed by atoms with E-state index in [0.717, 1.165) is 16.7 Å². The molecule has 0 radical (unpaired) electrons. The number of hydrogen-bond acceptors (Lipinski definition) is 4. The summed E-state index contributed by atoms with van der Waals surface area (Å²) in [6, 6.07) is 12.4. The molecular weight excluding hydrogens is 286 g/mol. The molecule has 0 fully saturated rings. The normalized spacial score (nSPS) is 10.5. The third kappa shape index (κ3) is 3.87. The van der Waals surface area contributed by atoms with E-state index in [1.54, 1.807) is 24.4 Å². The van der Waals surface area contributed by atoms with Crippen LogP contribution in [0.5, 0.6) is 5.75 Å². The van der Waals surface area contributed by atoms with Gasteiger partial charge in [-0.05, 0) is 41.0 Å². The van der Waals surface area contributed by atoms with Crippen LogP contribution in [0.2, 0.25) is 0 Å². The Morgan fingerprint density at radius 1 is 1.19 bits per heavy atom. The van der Waals surface area contributed by atoms with Gasteiger partial charge in [0.15, 0.2) is 11.4 Å². The van der Waals surface area contributed by atoms with Crippen molar-refractivity contribution in [2.45, 2.75) is 0 Å². The first-order valence-corrected chi connectivity index (χ1v) is 6.48. The maximum Gasteiger partial charge on any atom is 0.184 e. The molecule has 0 saturated heterocycles.